The predicted octanol–water partition coefficient (Wildman–Crippen LogP) is 4.56. The number of ether oxygens (including phenoxy) is 1. The average Bonchev–Trinajstić information content (AvgIpc) is 2.96. The second kappa shape index (κ2) is 7.42. The lowest BCUT2D eigenvalue weighted by Crippen LogP contribution is -2.22. The van der Waals surface area contributed by atoms with Crippen molar-refractivity contribution in [1.82, 2.24) is 5.32 Å². The van der Waals surface area contributed by atoms with Gasteiger partial charge in [0, 0.05) is 12.6 Å². The number of benzene rings is 1. The molecule has 2 unspecified atom stereocenters. The molecule has 1 heterocycles. The van der Waals surface area contributed by atoms with Crippen LogP contribution in [0, 0.1) is 0 Å². The molecule has 0 amide bonds. The zero-order chi connectivity index (χ0) is 14.5. The first kappa shape index (κ1) is 15.1. The summed E-state index contributed by atoms with van der Waals surface area (Å²) in [6.45, 7) is 4.19. The van der Waals surface area contributed by atoms with Crippen LogP contribution in [-0.4, -0.2) is 19.3 Å². The lowest BCUT2D eigenvalue weighted by molar-refractivity contribution is 0.0996. The molecule has 1 saturated carbocycles. The van der Waals surface area contributed by atoms with E-state index in [0.717, 1.165) is 19.1 Å². The monoisotopic (exact) mass is 287 g/mol. The molecule has 0 aromatic heterocycles. The molecule has 3 rings (SSSR count). The SMILES string of the molecule is CCNC(CCC1CCCO1)c1ccc(C2CCC2)cc1. The van der Waals surface area contributed by atoms with Crippen LogP contribution in [-0.2, 0) is 4.74 Å². The summed E-state index contributed by atoms with van der Waals surface area (Å²) in [4.78, 5) is 0. The molecule has 116 valence electrons. The minimum Gasteiger partial charge on any atom is -0.378 e. The van der Waals surface area contributed by atoms with E-state index in [1.807, 2.05) is 0 Å². The number of nitrogens with one attached hydrogen (secondary N) is 1. The average molecular weight is 287 g/mol. The molecule has 0 spiro atoms. The summed E-state index contributed by atoms with van der Waals surface area (Å²) in [5.74, 6) is 0.837. The Balaban J connectivity index is 1.58. The third-order valence-corrected chi connectivity index (χ3v) is 5.17. The number of hydrogen-bond donors (Lipinski definition) is 1. The molecule has 2 aliphatic rings. The first-order valence-corrected chi connectivity index (χ1v) is 8.81. The van der Waals surface area contributed by atoms with Crippen LogP contribution in [0.1, 0.15) is 75.0 Å². The predicted molar refractivity (Wildman–Crippen MR) is 87.7 cm³/mol. The highest BCUT2D eigenvalue weighted by atomic mass is 16.5. The van der Waals surface area contributed by atoms with Gasteiger partial charge in [-0.3, -0.25) is 0 Å². The quantitative estimate of drug-likeness (QED) is 0.793. The van der Waals surface area contributed by atoms with Crippen LogP contribution in [0.2, 0.25) is 0 Å². The van der Waals surface area contributed by atoms with Gasteiger partial charge >= 0.3 is 0 Å². The van der Waals surface area contributed by atoms with Gasteiger partial charge in [-0.25, -0.2) is 0 Å². The minimum atomic E-state index is 0.481. The van der Waals surface area contributed by atoms with Crippen LogP contribution in [0.4, 0.5) is 0 Å². The van der Waals surface area contributed by atoms with Crippen LogP contribution in [0.5, 0.6) is 0 Å². The Labute approximate surface area is 129 Å². The zero-order valence-electron chi connectivity index (χ0n) is 13.3. The van der Waals surface area contributed by atoms with E-state index in [-0.39, 0.29) is 0 Å². The van der Waals surface area contributed by atoms with Crippen molar-refractivity contribution in [3.63, 3.8) is 0 Å². The summed E-state index contributed by atoms with van der Waals surface area (Å²) in [5, 5.41) is 3.64. The lowest BCUT2D eigenvalue weighted by Gasteiger charge is -2.26. The van der Waals surface area contributed by atoms with E-state index >= 15 is 0 Å². The topological polar surface area (TPSA) is 21.3 Å². The molecular weight excluding hydrogens is 258 g/mol. The summed E-state index contributed by atoms with van der Waals surface area (Å²) in [6, 6.07) is 9.88. The Morgan fingerprint density at radius 3 is 2.52 bits per heavy atom. The van der Waals surface area contributed by atoms with Gasteiger partial charge in [0.25, 0.3) is 0 Å². The van der Waals surface area contributed by atoms with E-state index in [9.17, 15) is 0 Å². The third-order valence-electron chi connectivity index (χ3n) is 5.17. The molecule has 1 aromatic carbocycles. The van der Waals surface area contributed by atoms with Crippen molar-refractivity contribution in [2.24, 2.45) is 0 Å². The summed E-state index contributed by atoms with van der Waals surface area (Å²) in [5.41, 5.74) is 2.98. The lowest BCUT2D eigenvalue weighted by atomic mass is 9.79. The second-order valence-electron chi connectivity index (χ2n) is 6.62. The van der Waals surface area contributed by atoms with Gasteiger partial charge in [0.15, 0.2) is 0 Å². The van der Waals surface area contributed by atoms with Crippen LogP contribution in [0.15, 0.2) is 24.3 Å². The smallest absolute Gasteiger partial charge is 0.0576 e. The van der Waals surface area contributed by atoms with E-state index in [0.29, 0.717) is 12.1 Å². The normalized spacial score (nSPS) is 24.0. The highest BCUT2D eigenvalue weighted by Crippen LogP contribution is 2.36. The van der Waals surface area contributed by atoms with Gasteiger partial charge < -0.3 is 10.1 Å². The molecule has 2 atom stereocenters. The van der Waals surface area contributed by atoms with Crippen LogP contribution in [0.25, 0.3) is 0 Å². The Hall–Kier alpha value is -0.860. The Kier molecular flexibility index (Phi) is 5.32. The van der Waals surface area contributed by atoms with Crippen LogP contribution >= 0.6 is 0 Å². The maximum absolute atomic E-state index is 5.76. The van der Waals surface area contributed by atoms with Crippen molar-refractivity contribution in [1.29, 1.82) is 0 Å². The van der Waals surface area contributed by atoms with Crippen LogP contribution < -0.4 is 5.32 Å². The van der Waals surface area contributed by atoms with Crippen molar-refractivity contribution in [3.8, 4) is 0 Å². The largest absolute Gasteiger partial charge is 0.378 e. The summed E-state index contributed by atoms with van der Waals surface area (Å²) in [6.07, 6.45) is 9.54. The molecule has 0 bridgehead atoms. The summed E-state index contributed by atoms with van der Waals surface area (Å²) >= 11 is 0. The van der Waals surface area contributed by atoms with Crippen molar-refractivity contribution < 1.29 is 4.74 Å². The molecule has 1 saturated heterocycles. The zero-order valence-corrected chi connectivity index (χ0v) is 13.3. The van der Waals surface area contributed by atoms with Gasteiger partial charge in [-0.05, 0) is 62.1 Å². The van der Waals surface area contributed by atoms with E-state index in [1.165, 1.54) is 50.5 Å². The summed E-state index contributed by atoms with van der Waals surface area (Å²) < 4.78 is 5.76. The maximum atomic E-state index is 5.76. The van der Waals surface area contributed by atoms with Gasteiger partial charge in [-0.15, -0.1) is 0 Å². The number of hydrogen-bond acceptors (Lipinski definition) is 2. The van der Waals surface area contributed by atoms with E-state index < -0.39 is 0 Å². The molecule has 2 nitrogen and oxygen atoms in total. The van der Waals surface area contributed by atoms with E-state index in [1.54, 1.807) is 5.56 Å². The Bertz CT molecular complexity index is 418. The third kappa shape index (κ3) is 3.87. The first-order valence-electron chi connectivity index (χ1n) is 8.81. The second-order valence-corrected chi connectivity index (χ2v) is 6.62. The van der Waals surface area contributed by atoms with Gasteiger partial charge in [0.05, 0.1) is 6.10 Å². The highest BCUT2D eigenvalue weighted by Gasteiger charge is 2.21. The molecule has 1 aliphatic carbocycles. The fourth-order valence-electron chi connectivity index (χ4n) is 3.60. The molecular formula is C19H29NO. The van der Waals surface area contributed by atoms with Crippen LogP contribution in [0.3, 0.4) is 0 Å². The maximum Gasteiger partial charge on any atom is 0.0576 e. The molecule has 1 aromatic rings. The molecule has 1 N–H and O–H groups in total. The van der Waals surface area contributed by atoms with E-state index in [2.05, 4.69) is 36.5 Å². The molecule has 0 radical (unpaired) electrons. The van der Waals surface area contributed by atoms with Crippen molar-refractivity contribution in [3.05, 3.63) is 35.4 Å². The minimum absolute atomic E-state index is 0.481. The molecule has 1 aliphatic heterocycles. The summed E-state index contributed by atoms with van der Waals surface area (Å²) in [7, 11) is 0. The van der Waals surface area contributed by atoms with Crippen molar-refractivity contribution in [2.75, 3.05) is 13.2 Å². The van der Waals surface area contributed by atoms with Crippen molar-refractivity contribution in [2.45, 2.75) is 69.9 Å². The fraction of sp³-hybridized carbons (Fsp3) is 0.684. The van der Waals surface area contributed by atoms with Crippen molar-refractivity contribution >= 4 is 0 Å². The van der Waals surface area contributed by atoms with Gasteiger partial charge in [0.1, 0.15) is 0 Å². The molecule has 2 heteroatoms. The first-order chi connectivity index (χ1) is 10.4. The molecule has 21 heavy (non-hydrogen) atoms. The number of rotatable bonds is 7. The molecule has 2 fully saturated rings. The van der Waals surface area contributed by atoms with Gasteiger partial charge in [-0.1, -0.05) is 37.6 Å². The van der Waals surface area contributed by atoms with Gasteiger partial charge in [0.2, 0.25) is 0 Å². The Morgan fingerprint density at radius 2 is 1.95 bits per heavy atom. The standard InChI is InChI=1S/C19H29NO/c1-2-20-19(13-12-18-7-4-14-21-18)17-10-8-16(9-11-17)15-5-3-6-15/h8-11,15,18-20H,2-7,12-14H2,1H3. The van der Waals surface area contributed by atoms with E-state index in [4.69, 9.17) is 4.74 Å². The van der Waals surface area contributed by atoms with Gasteiger partial charge in [-0.2, -0.15) is 0 Å². The Morgan fingerprint density at radius 1 is 1.14 bits per heavy atom. The fourth-order valence-corrected chi connectivity index (χ4v) is 3.60. The highest BCUT2D eigenvalue weighted by molar-refractivity contribution is 5.28.